The van der Waals surface area contributed by atoms with Crippen LogP contribution in [0.25, 0.3) is 0 Å². The fourth-order valence-electron chi connectivity index (χ4n) is 2.01. The zero-order chi connectivity index (χ0) is 10.8. The summed E-state index contributed by atoms with van der Waals surface area (Å²) in [7, 11) is 0. The van der Waals surface area contributed by atoms with Gasteiger partial charge in [0.15, 0.2) is 0 Å². The van der Waals surface area contributed by atoms with E-state index in [1.54, 1.807) is 0 Å². The number of benzene rings is 1. The summed E-state index contributed by atoms with van der Waals surface area (Å²) < 4.78 is 0. The topological polar surface area (TPSA) is 27.8 Å². The van der Waals surface area contributed by atoms with Gasteiger partial charge in [-0.05, 0) is 24.3 Å². The molecule has 0 saturated heterocycles. The van der Waals surface area contributed by atoms with Gasteiger partial charge in [0.25, 0.3) is 0 Å². The molecule has 0 saturated carbocycles. The third-order valence-electron chi connectivity index (χ3n) is 2.81. The number of aromatic amines is 1. The van der Waals surface area contributed by atoms with Crippen LogP contribution in [0.1, 0.15) is 5.69 Å². The van der Waals surface area contributed by atoms with Crippen LogP contribution in [0.15, 0.2) is 47.5 Å². The van der Waals surface area contributed by atoms with Crippen molar-refractivity contribution in [2.75, 3.05) is 11.9 Å². The van der Waals surface area contributed by atoms with Gasteiger partial charge in [-0.2, -0.15) is 0 Å². The second-order valence-electron chi connectivity index (χ2n) is 4.02. The van der Waals surface area contributed by atoms with E-state index in [2.05, 4.69) is 46.7 Å². The number of anilines is 1. The number of hydrogen-bond donors (Lipinski definition) is 2. The van der Waals surface area contributed by atoms with E-state index in [1.165, 1.54) is 16.3 Å². The highest BCUT2D eigenvalue weighted by molar-refractivity contribution is 8.00. The molecule has 3 heteroatoms. The number of para-hydroxylation sites is 1. The van der Waals surface area contributed by atoms with Crippen molar-refractivity contribution in [3.8, 4) is 0 Å². The fraction of sp³-hybridized carbons (Fsp3) is 0.231. The van der Waals surface area contributed by atoms with Crippen molar-refractivity contribution in [3.05, 3.63) is 48.3 Å². The van der Waals surface area contributed by atoms with Crippen LogP contribution in [0.4, 0.5) is 5.69 Å². The predicted octanol–water partition coefficient (Wildman–Crippen LogP) is 3.14. The second kappa shape index (κ2) is 4.26. The Labute approximate surface area is 99.5 Å². The van der Waals surface area contributed by atoms with Crippen LogP contribution in [0.5, 0.6) is 0 Å². The Kier molecular flexibility index (Phi) is 2.62. The molecular formula is C13H14N2S. The summed E-state index contributed by atoms with van der Waals surface area (Å²) in [4.78, 5) is 4.63. The Morgan fingerprint density at radius 1 is 1.19 bits per heavy atom. The number of nitrogens with one attached hydrogen (secondary N) is 2. The molecule has 0 bridgehead atoms. The van der Waals surface area contributed by atoms with Crippen molar-refractivity contribution in [1.29, 1.82) is 0 Å². The molecule has 0 radical (unpaired) electrons. The molecule has 0 fully saturated rings. The minimum atomic E-state index is 0.619. The van der Waals surface area contributed by atoms with Gasteiger partial charge in [0, 0.05) is 40.7 Å². The summed E-state index contributed by atoms with van der Waals surface area (Å²) in [5.74, 6) is 0. The second-order valence-corrected chi connectivity index (χ2v) is 5.36. The van der Waals surface area contributed by atoms with Crippen LogP contribution in [0.2, 0.25) is 0 Å². The van der Waals surface area contributed by atoms with Crippen LogP contribution in [-0.2, 0) is 6.42 Å². The van der Waals surface area contributed by atoms with Gasteiger partial charge in [0.1, 0.15) is 0 Å². The molecule has 82 valence electrons. The molecule has 0 spiro atoms. The van der Waals surface area contributed by atoms with E-state index in [9.17, 15) is 0 Å². The van der Waals surface area contributed by atoms with Crippen molar-refractivity contribution in [1.82, 2.24) is 4.98 Å². The third kappa shape index (κ3) is 1.95. The number of fused-ring (bicyclic) bond motifs is 1. The van der Waals surface area contributed by atoms with Crippen molar-refractivity contribution in [3.63, 3.8) is 0 Å². The van der Waals surface area contributed by atoms with Crippen LogP contribution in [0, 0.1) is 0 Å². The van der Waals surface area contributed by atoms with Crippen molar-refractivity contribution >= 4 is 17.4 Å². The van der Waals surface area contributed by atoms with E-state index in [4.69, 9.17) is 0 Å². The third-order valence-corrected chi connectivity index (χ3v) is 4.09. The van der Waals surface area contributed by atoms with Crippen LogP contribution >= 0.6 is 11.8 Å². The first kappa shape index (κ1) is 9.85. The van der Waals surface area contributed by atoms with E-state index in [0.29, 0.717) is 5.25 Å². The highest BCUT2D eigenvalue weighted by Gasteiger charge is 2.18. The van der Waals surface area contributed by atoms with E-state index in [1.807, 2.05) is 18.0 Å². The summed E-state index contributed by atoms with van der Waals surface area (Å²) in [6.07, 6.45) is 3.09. The van der Waals surface area contributed by atoms with Crippen LogP contribution < -0.4 is 5.32 Å². The summed E-state index contributed by atoms with van der Waals surface area (Å²) in [5.41, 5.74) is 2.59. The Bertz CT molecular complexity index is 465. The summed E-state index contributed by atoms with van der Waals surface area (Å²) in [6, 6.07) is 12.7. The Morgan fingerprint density at radius 3 is 3.00 bits per heavy atom. The molecule has 0 amide bonds. The molecule has 1 unspecified atom stereocenters. The molecule has 1 aromatic carbocycles. The number of H-pyrrole nitrogens is 1. The first-order valence-electron chi connectivity index (χ1n) is 5.53. The molecule has 3 rings (SSSR count). The van der Waals surface area contributed by atoms with Gasteiger partial charge in [0.2, 0.25) is 0 Å². The molecule has 2 heterocycles. The molecule has 2 N–H and O–H groups in total. The zero-order valence-electron chi connectivity index (χ0n) is 8.94. The number of rotatable bonds is 2. The van der Waals surface area contributed by atoms with Gasteiger partial charge in [-0.15, -0.1) is 11.8 Å². The summed E-state index contributed by atoms with van der Waals surface area (Å²) in [6.45, 7) is 1.04. The van der Waals surface area contributed by atoms with Gasteiger partial charge in [-0.25, -0.2) is 0 Å². The van der Waals surface area contributed by atoms with Crippen LogP contribution in [-0.4, -0.2) is 16.8 Å². The predicted molar refractivity (Wildman–Crippen MR) is 69.1 cm³/mol. The van der Waals surface area contributed by atoms with Crippen LogP contribution in [0.3, 0.4) is 0 Å². The lowest BCUT2D eigenvalue weighted by Gasteiger charge is -2.25. The van der Waals surface area contributed by atoms with Gasteiger partial charge in [-0.3, -0.25) is 0 Å². The van der Waals surface area contributed by atoms with Gasteiger partial charge >= 0.3 is 0 Å². The maximum atomic E-state index is 3.49. The Balaban J connectivity index is 1.73. The highest BCUT2D eigenvalue weighted by Crippen LogP contribution is 2.35. The van der Waals surface area contributed by atoms with E-state index in [0.717, 1.165) is 13.0 Å². The number of thioether (sulfide) groups is 1. The number of aromatic nitrogens is 1. The molecule has 2 aromatic rings. The number of hydrogen-bond acceptors (Lipinski definition) is 2. The molecule has 16 heavy (non-hydrogen) atoms. The maximum absolute atomic E-state index is 3.49. The van der Waals surface area contributed by atoms with Crippen molar-refractivity contribution in [2.45, 2.75) is 16.6 Å². The standard InChI is InChI=1S/C13H14N2S/c1-2-6-13-12(5-1)15-9-11(16-13)8-10-4-3-7-14-10/h1-7,11,14-15H,8-9H2. The molecule has 1 atom stereocenters. The van der Waals surface area contributed by atoms with Gasteiger partial charge in [-0.1, -0.05) is 12.1 Å². The van der Waals surface area contributed by atoms with Gasteiger partial charge in [0.05, 0.1) is 0 Å². The van der Waals surface area contributed by atoms with E-state index in [-0.39, 0.29) is 0 Å². The first-order valence-corrected chi connectivity index (χ1v) is 6.41. The minimum Gasteiger partial charge on any atom is -0.383 e. The summed E-state index contributed by atoms with van der Waals surface area (Å²) in [5, 5.41) is 4.11. The lowest BCUT2D eigenvalue weighted by Crippen LogP contribution is -2.23. The minimum absolute atomic E-state index is 0.619. The lowest BCUT2D eigenvalue weighted by atomic mass is 10.2. The van der Waals surface area contributed by atoms with Crippen molar-refractivity contribution < 1.29 is 0 Å². The Hall–Kier alpha value is -1.35. The molecule has 1 aliphatic heterocycles. The average Bonchev–Trinajstić information content (AvgIpc) is 2.82. The largest absolute Gasteiger partial charge is 0.383 e. The lowest BCUT2D eigenvalue weighted by molar-refractivity contribution is 0.850. The molecule has 2 nitrogen and oxygen atoms in total. The fourth-order valence-corrected chi connectivity index (χ4v) is 3.23. The zero-order valence-corrected chi connectivity index (χ0v) is 9.76. The highest BCUT2D eigenvalue weighted by atomic mass is 32.2. The quantitative estimate of drug-likeness (QED) is 0.829. The first-order chi connectivity index (χ1) is 7.92. The van der Waals surface area contributed by atoms with E-state index >= 15 is 0 Å². The van der Waals surface area contributed by atoms with Gasteiger partial charge < -0.3 is 10.3 Å². The smallest absolute Gasteiger partial charge is 0.0478 e. The average molecular weight is 230 g/mol. The molecule has 1 aliphatic rings. The molecule has 0 aliphatic carbocycles. The SMILES string of the molecule is c1c[nH]c(CC2CNc3ccccc3S2)c1. The normalized spacial score (nSPS) is 18.9. The maximum Gasteiger partial charge on any atom is 0.0478 e. The van der Waals surface area contributed by atoms with Crippen molar-refractivity contribution in [2.24, 2.45) is 0 Å². The molecular weight excluding hydrogens is 216 g/mol. The van der Waals surface area contributed by atoms with E-state index < -0.39 is 0 Å². The molecule has 1 aromatic heterocycles. The Morgan fingerprint density at radius 2 is 2.12 bits per heavy atom. The monoisotopic (exact) mass is 230 g/mol. The summed E-state index contributed by atoms with van der Waals surface area (Å²) >= 11 is 1.97.